The monoisotopic (exact) mass is 585 g/mol. The Morgan fingerprint density at radius 1 is 0.619 bits per heavy atom. The minimum absolute atomic E-state index is 0.0428. The van der Waals surface area contributed by atoms with Crippen LogP contribution < -0.4 is 9.47 Å². The molecule has 0 spiro atoms. The van der Waals surface area contributed by atoms with Gasteiger partial charge in [0.1, 0.15) is 17.1 Å². The van der Waals surface area contributed by atoms with Crippen LogP contribution in [0.5, 0.6) is 11.5 Å². The van der Waals surface area contributed by atoms with Gasteiger partial charge in [-0.15, -0.1) is 0 Å². The molecule has 1 aliphatic heterocycles. The predicted molar refractivity (Wildman–Crippen MR) is 185 cm³/mol. The smallest absolute Gasteiger partial charge is 0.127 e. The molecular formula is C40H72O2. The second-order valence-electron chi connectivity index (χ2n) is 15.6. The van der Waals surface area contributed by atoms with E-state index in [1.165, 1.54) is 112 Å². The molecule has 2 nitrogen and oxygen atoms in total. The van der Waals surface area contributed by atoms with Crippen LogP contribution in [0.25, 0.3) is 0 Å². The van der Waals surface area contributed by atoms with Gasteiger partial charge in [-0.3, -0.25) is 0 Å². The van der Waals surface area contributed by atoms with Crippen molar-refractivity contribution in [2.24, 2.45) is 23.7 Å². The molecule has 3 unspecified atom stereocenters. The topological polar surface area (TPSA) is 18.5 Å². The molecule has 1 heterocycles. The summed E-state index contributed by atoms with van der Waals surface area (Å²) in [6, 6.07) is 0. The number of hydrogen-bond donors (Lipinski definition) is 0. The number of fused-ring (bicyclic) bond motifs is 1. The highest BCUT2D eigenvalue weighted by atomic mass is 16.5. The minimum Gasteiger partial charge on any atom is -0.493 e. The molecule has 0 radical (unpaired) electrons. The van der Waals surface area contributed by atoms with E-state index in [-0.39, 0.29) is 5.60 Å². The molecule has 0 saturated heterocycles. The van der Waals surface area contributed by atoms with Gasteiger partial charge in [-0.2, -0.15) is 0 Å². The third kappa shape index (κ3) is 13.2. The van der Waals surface area contributed by atoms with E-state index < -0.39 is 0 Å². The number of unbranched alkanes of at least 4 members (excludes halogenated alkanes) is 5. The number of benzene rings is 1. The van der Waals surface area contributed by atoms with Crippen molar-refractivity contribution in [2.45, 2.75) is 190 Å². The van der Waals surface area contributed by atoms with Crippen molar-refractivity contribution in [1.82, 2.24) is 0 Å². The molecule has 0 amide bonds. The molecule has 244 valence electrons. The zero-order valence-corrected chi connectivity index (χ0v) is 30.1. The quantitative estimate of drug-likeness (QED) is 0.126. The molecule has 3 atom stereocenters. The maximum atomic E-state index is 6.86. The molecule has 0 N–H and O–H groups in total. The maximum absolute atomic E-state index is 6.86. The number of rotatable bonds is 22. The van der Waals surface area contributed by atoms with Crippen LogP contribution in [0, 0.1) is 44.4 Å². The zero-order chi connectivity index (χ0) is 31.1. The van der Waals surface area contributed by atoms with E-state index >= 15 is 0 Å². The largest absolute Gasteiger partial charge is 0.493 e. The van der Waals surface area contributed by atoms with Crippen LogP contribution in [0.1, 0.15) is 180 Å². The Bertz CT molecular complexity index is 884. The van der Waals surface area contributed by atoms with Gasteiger partial charge in [0, 0.05) is 5.56 Å². The highest BCUT2D eigenvalue weighted by Gasteiger charge is 2.34. The third-order valence-electron chi connectivity index (χ3n) is 10.3. The van der Waals surface area contributed by atoms with Gasteiger partial charge >= 0.3 is 0 Å². The Balaban J connectivity index is 1.75. The molecule has 42 heavy (non-hydrogen) atoms. The summed E-state index contributed by atoms with van der Waals surface area (Å²) in [4.78, 5) is 0. The van der Waals surface area contributed by atoms with Crippen molar-refractivity contribution in [3.8, 4) is 11.5 Å². The van der Waals surface area contributed by atoms with Crippen LogP contribution in [0.15, 0.2) is 0 Å². The van der Waals surface area contributed by atoms with Crippen molar-refractivity contribution in [1.29, 1.82) is 0 Å². The van der Waals surface area contributed by atoms with Gasteiger partial charge in [-0.05, 0) is 100 Å². The highest BCUT2D eigenvalue weighted by molar-refractivity contribution is 5.59. The summed E-state index contributed by atoms with van der Waals surface area (Å²) in [5.74, 6) is 5.69. The van der Waals surface area contributed by atoms with Gasteiger partial charge in [0.15, 0.2) is 0 Å². The Morgan fingerprint density at radius 2 is 1.14 bits per heavy atom. The van der Waals surface area contributed by atoms with E-state index in [0.717, 1.165) is 67.5 Å². The fourth-order valence-electron chi connectivity index (χ4n) is 7.01. The fourth-order valence-corrected chi connectivity index (χ4v) is 7.01. The molecule has 1 aromatic carbocycles. The van der Waals surface area contributed by atoms with Crippen molar-refractivity contribution in [3.63, 3.8) is 0 Å². The summed E-state index contributed by atoms with van der Waals surface area (Å²) < 4.78 is 13.3. The van der Waals surface area contributed by atoms with Crippen LogP contribution in [0.3, 0.4) is 0 Å². The molecule has 2 heteroatoms. The van der Waals surface area contributed by atoms with Crippen molar-refractivity contribution in [2.75, 3.05) is 6.61 Å². The second kappa shape index (κ2) is 19.3. The normalized spacial score (nSPS) is 18.3. The van der Waals surface area contributed by atoms with Gasteiger partial charge in [-0.1, -0.05) is 125 Å². The first-order valence-electron chi connectivity index (χ1n) is 18.4. The molecule has 1 aromatic rings. The standard InChI is InChI=1S/C40H72O2/c1-30(2)20-15-13-11-12-14-16-29-41-38-34(7)35(8)39-37(36(38)9)26-28-40(10,42-39)27-19-25-33(6)24-18-23-32(5)22-17-21-31(3)4/h30-33H,11-29H2,1-10H3. The first-order chi connectivity index (χ1) is 19.9. The first-order valence-corrected chi connectivity index (χ1v) is 18.4. The SMILES string of the molecule is Cc1c(C)c2c(c(C)c1OCCCCCCCCC(C)C)CCC(C)(CCCC(C)CCCC(C)CCCC(C)C)O2. The summed E-state index contributed by atoms with van der Waals surface area (Å²) in [7, 11) is 0. The van der Waals surface area contributed by atoms with Crippen LogP contribution >= 0.6 is 0 Å². The molecule has 2 rings (SSSR count). The van der Waals surface area contributed by atoms with Gasteiger partial charge < -0.3 is 9.47 Å². The predicted octanol–water partition coefficient (Wildman–Crippen LogP) is 12.9. The van der Waals surface area contributed by atoms with E-state index in [2.05, 4.69) is 69.2 Å². The summed E-state index contributed by atoms with van der Waals surface area (Å²) in [6.45, 7) is 24.2. The summed E-state index contributed by atoms with van der Waals surface area (Å²) in [5.41, 5.74) is 5.23. The summed E-state index contributed by atoms with van der Waals surface area (Å²) >= 11 is 0. The average molecular weight is 585 g/mol. The minimum atomic E-state index is -0.0428. The third-order valence-corrected chi connectivity index (χ3v) is 10.3. The Morgan fingerprint density at radius 3 is 1.76 bits per heavy atom. The lowest BCUT2D eigenvalue weighted by Crippen LogP contribution is -2.37. The Labute approximate surface area is 263 Å². The summed E-state index contributed by atoms with van der Waals surface area (Å²) in [5, 5.41) is 0. The van der Waals surface area contributed by atoms with Gasteiger partial charge in [0.05, 0.1) is 6.61 Å². The molecular weight excluding hydrogens is 512 g/mol. The molecule has 0 aromatic heterocycles. The average Bonchev–Trinajstić information content (AvgIpc) is 2.92. The maximum Gasteiger partial charge on any atom is 0.127 e. The molecule has 1 aliphatic rings. The van der Waals surface area contributed by atoms with Crippen molar-refractivity contribution in [3.05, 3.63) is 22.3 Å². The van der Waals surface area contributed by atoms with Crippen molar-refractivity contribution >= 4 is 0 Å². The van der Waals surface area contributed by atoms with E-state index in [4.69, 9.17) is 9.47 Å². The highest BCUT2D eigenvalue weighted by Crippen LogP contribution is 2.45. The van der Waals surface area contributed by atoms with Gasteiger partial charge in [-0.25, -0.2) is 0 Å². The Kier molecular flexibility index (Phi) is 17.0. The van der Waals surface area contributed by atoms with E-state index in [9.17, 15) is 0 Å². The Hall–Kier alpha value is -1.18. The first kappa shape index (κ1) is 37.0. The van der Waals surface area contributed by atoms with E-state index in [0.29, 0.717) is 0 Å². The number of ether oxygens (including phenoxy) is 2. The molecule has 0 aliphatic carbocycles. The number of hydrogen-bond acceptors (Lipinski definition) is 2. The van der Waals surface area contributed by atoms with E-state index in [1.54, 1.807) is 0 Å². The van der Waals surface area contributed by atoms with Crippen LogP contribution in [0.4, 0.5) is 0 Å². The van der Waals surface area contributed by atoms with Gasteiger partial charge in [0.25, 0.3) is 0 Å². The lowest BCUT2D eigenvalue weighted by molar-refractivity contribution is 0.0511. The van der Waals surface area contributed by atoms with Crippen molar-refractivity contribution < 1.29 is 9.47 Å². The lowest BCUT2D eigenvalue weighted by Gasteiger charge is -2.38. The van der Waals surface area contributed by atoms with Crippen LogP contribution in [-0.4, -0.2) is 12.2 Å². The molecule has 0 fully saturated rings. The van der Waals surface area contributed by atoms with Crippen LogP contribution in [0.2, 0.25) is 0 Å². The van der Waals surface area contributed by atoms with Gasteiger partial charge in [0.2, 0.25) is 0 Å². The second-order valence-corrected chi connectivity index (χ2v) is 15.6. The van der Waals surface area contributed by atoms with Crippen LogP contribution in [-0.2, 0) is 6.42 Å². The molecule has 0 saturated carbocycles. The lowest BCUT2D eigenvalue weighted by atomic mass is 9.83. The van der Waals surface area contributed by atoms with E-state index in [1.807, 2.05) is 0 Å². The zero-order valence-electron chi connectivity index (χ0n) is 30.1. The summed E-state index contributed by atoms with van der Waals surface area (Å²) in [6.07, 6.45) is 23.7. The fraction of sp³-hybridized carbons (Fsp3) is 0.850. The molecule has 0 bridgehead atoms.